The Hall–Kier alpha value is -2.07. The number of furan rings is 1. The largest absolute Gasteiger partial charge is 0.469 e. The summed E-state index contributed by atoms with van der Waals surface area (Å²) >= 11 is 0. The molecule has 1 saturated heterocycles. The molecule has 0 radical (unpaired) electrons. The van der Waals surface area contributed by atoms with Crippen LogP contribution < -0.4 is 0 Å². The SMILES string of the molecule is O=C(CCc1ccco1)N1CCC([C@@H](O)c2ccccc2)CC1. The van der Waals surface area contributed by atoms with Crippen molar-refractivity contribution in [2.24, 2.45) is 5.92 Å². The third-order valence-corrected chi connectivity index (χ3v) is 4.65. The van der Waals surface area contributed by atoms with E-state index in [1.54, 1.807) is 6.26 Å². The molecular formula is C19H23NO3. The van der Waals surface area contributed by atoms with Crippen LogP contribution in [-0.2, 0) is 11.2 Å². The number of aliphatic hydroxyl groups excluding tert-OH is 1. The number of nitrogens with zero attached hydrogens (tertiary/aromatic N) is 1. The third-order valence-electron chi connectivity index (χ3n) is 4.65. The third kappa shape index (κ3) is 4.02. The van der Waals surface area contributed by atoms with E-state index < -0.39 is 6.10 Å². The molecule has 1 atom stereocenters. The minimum Gasteiger partial charge on any atom is -0.469 e. The van der Waals surface area contributed by atoms with E-state index in [0.717, 1.165) is 37.3 Å². The molecule has 2 heterocycles. The second kappa shape index (κ2) is 7.47. The lowest BCUT2D eigenvalue weighted by molar-refractivity contribution is -0.133. The summed E-state index contributed by atoms with van der Waals surface area (Å²) in [5.41, 5.74) is 0.968. The number of carbonyl (C=O) groups is 1. The predicted octanol–water partition coefficient (Wildman–Crippen LogP) is 3.18. The first-order chi connectivity index (χ1) is 11.2. The molecule has 1 aliphatic heterocycles. The van der Waals surface area contributed by atoms with Crippen LogP contribution in [0.15, 0.2) is 53.1 Å². The summed E-state index contributed by atoms with van der Waals surface area (Å²) in [4.78, 5) is 14.2. The molecule has 0 spiro atoms. The standard InChI is InChI=1S/C19H23NO3/c21-18(9-8-17-7-4-14-23-17)20-12-10-16(11-13-20)19(22)15-5-2-1-3-6-15/h1-7,14,16,19,22H,8-13H2/t19-/m0/s1. The summed E-state index contributed by atoms with van der Waals surface area (Å²) in [6, 6.07) is 13.5. The molecule has 0 bridgehead atoms. The summed E-state index contributed by atoms with van der Waals surface area (Å²) in [5.74, 6) is 1.26. The highest BCUT2D eigenvalue weighted by molar-refractivity contribution is 5.76. The van der Waals surface area contributed by atoms with Crippen molar-refractivity contribution in [3.8, 4) is 0 Å². The Morgan fingerprint density at radius 3 is 2.57 bits per heavy atom. The molecular weight excluding hydrogens is 290 g/mol. The molecule has 1 aromatic heterocycles. The zero-order chi connectivity index (χ0) is 16.1. The van der Waals surface area contributed by atoms with E-state index in [2.05, 4.69) is 0 Å². The number of likely N-dealkylation sites (tertiary alicyclic amines) is 1. The van der Waals surface area contributed by atoms with Gasteiger partial charge in [-0.2, -0.15) is 0 Å². The number of hydrogen-bond acceptors (Lipinski definition) is 3. The predicted molar refractivity (Wildman–Crippen MR) is 87.7 cm³/mol. The number of aryl methyl sites for hydroxylation is 1. The Labute approximate surface area is 136 Å². The monoisotopic (exact) mass is 313 g/mol. The molecule has 1 amide bonds. The summed E-state index contributed by atoms with van der Waals surface area (Å²) in [6.07, 6.45) is 4.04. The molecule has 4 nitrogen and oxygen atoms in total. The van der Waals surface area contributed by atoms with Gasteiger partial charge in [-0.05, 0) is 36.5 Å². The van der Waals surface area contributed by atoms with Crippen LogP contribution in [0.2, 0.25) is 0 Å². The van der Waals surface area contributed by atoms with Crippen LogP contribution in [0.1, 0.15) is 36.7 Å². The molecule has 23 heavy (non-hydrogen) atoms. The molecule has 122 valence electrons. The van der Waals surface area contributed by atoms with Gasteiger partial charge in [-0.15, -0.1) is 0 Å². The Kier molecular flexibility index (Phi) is 5.13. The molecule has 1 N–H and O–H groups in total. The van der Waals surface area contributed by atoms with Crippen LogP contribution in [0.4, 0.5) is 0 Å². The van der Waals surface area contributed by atoms with Gasteiger partial charge in [0, 0.05) is 25.9 Å². The summed E-state index contributed by atoms with van der Waals surface area (Å²) in [7, 11) is 0. The maximum absolute atomic E-state index is 12.3. The van der Waals surface area contributed by atoms with Gasteiger partial charge >= 0.3 is 0 Å². The topological polar surface area (TPSA) is 53.7 Å². The van der Waals surface area contributed by atoms with Gasteiger partial charge in [-0.25, -0.2) is 0 Å². The lowest BCUT2D eigenvalue weighted by Crippen LogP contribution is -2.39. The quantitative estimate of drug-likeness (QED) is 0.922. The second-order valence-corrected chi connectivity index (χ2v) is 6.15. The Morgan fingerprint density at radius 2 is 1.91 bits per heavy atom. The van der Waals surface area contributed by atoms with Crippen LogP contribution in [0, 0.1) is 5.92 Å². The molecule has 3 rings (SSSR count). The van der Waals surface area contributed by atoms with Crippen molar-refractivity contribution < 1.29 is 14.3 Å². The number of rotatable bonds is 5. The first kappa shape index (κ1) is 15.8. The molecule has 0 saturated carbocycles. The van der Waals surface area contributed by atoms with E-state index >= 15 is 0 Å². The van der Waals surface area contributed by atoms with Gasteiger partial charge in [-0.3, -0.25) is 4.79 Å². The minimum atomic E-state index is -0.434. The Bertz CT molecular complexity index is 601. The van der Waals surface area contributed by atoms with Crippen LogP contribution in [0.5, 0.6) is 0 Å². The summed E-state index contributed by atoms with van der Waals surface area (Å²) < 4.78 is 5.26. The molecule has 1 aromatic carbocycles. The summed E-state index contributed by atoms with van der Waals surface area (Å²) in [6.45, 7) is 1.46. The molecule has 1 fully saturated rings. The fourth-order valence-corrected chi connectivity index (χ4v) is 3.23. The van der Waals surface area contributed by atoms with Gasteiger partial charge in [0.2, 0.25) is 5.91 Å². The van der Waals surface area contributed by atoms with Crippen molar-refractivity contribution in [2.75, 3.05) is 13.1 Å². The average Bonchev–Trinajstić information content (AvgIpc) is 3.13. The molecule has 4 heteroatoms. The second-order valence-electron chi connectivity index (χ2n) is 6.15. The molecule has 1 aliphatic rings. The zero-order valence-corrected chi connectivity index (χ0v) is 13.2. The maximum Gasteiger partial charge on any atom is 0.223 e. The van der Waals surface area contributed by atoms with E-state index in [1.807, 2.05) is 47.4 Å². The van der Waals surface area contributed by atoms with Crippen molar-refractivity contribution in [1.29, 1.82) is 0 Å². The fourth-order valence-electron chi connectivity index (χ4n) is 3.23. The van der Waals surface area contributed by atoms with Crippen LogP contribution in [-0.4, -0.2) is 29.0 Å². The van der Waals surface area contributed by atoms with E-state index in [1.165, 1.54) is 0 Å². The molecule has 0 unspecified atom stereocenters. The van der Waals surface area contributed by atoms with E-state index in [9.17, 15) is 9.90 Å². The van der Waals surface area contributed by atoms with Crippen molar-refractivity contribution in [3.63, 3.8) is 0 Å². The highest BCUT2D eigenvalue weighted by Gasteiger charge is 2.28. The maximum atomic E-state index is 12.3. The van der Waals surface area contributed by atoms with Gasteiger partial charge < -0.3 is 14.4 Å². The van der Waals surface area contributed by atoms with Gasteiger partial charge in [0.05, 0.1) is 12.4 Å². The number of piperidine rings is 1. The number of amides is 1. The highest BCUT2D eigenvalue weighted by Crippen LogP contribution is 2.30. The Balaban J connectivity index is 1.47. The van der Waals surface area contributed by atoms with Gasteiger partial charge in [-0.1, -0.05) is 30.3 Å². The van der Waals surface area contributed by atoms with Crippen LogP contribution in [0.25, 0.3) is 0 Å². The van der Waals surface area contributed by atoms with Crippen LogP contribution >= 0.6 is 0 Å². The number of benzene rings is 1. The zero-order valence-electron chi connectivity index (χ0n) is 13.2. The van der Waals surface area contributed by atoms with E-state index in [4.69, 9.17) is 4.42 Å². The van der Waals surface area contributed by atoms with Gasteiger partial charge in [0.15, 0.2) is 0 Å². The smallest absolute Gasteiger partial charge is 0.223 e. The van der Waals surface area contributed by atoms with Gasteiger partial charge in [0.1, 0.15) is 5.76 Å². The van der Waals surface area contributed by atoms with Crippen molar-refractivity contribution in [2.45, 2.75) is 31.8 Å². The van der Waals surface area contributed by atoms with E-state index in [0.29, 0.717) is 12.8 Å². The number of aliphatic hydroxyl groups is 1. The van der Waals surface area contributed by atoms with Crippen LogP contribution in [0.3, 0.4) is 0 Å². The minimum absolute atomic E-state index is 0.175. The highest BCUT2D eigenvalue weighted by atomic mass is 16.3. The normalized spacial score (nSPS) is 17.2. The molecule has 0 aliphatic carbocycles. The van der Waals surface area contributed by atoms with E-state index in [-0.39, 0.29) is 11.8 Å². The number of carbonyl (C=O) groups excluding carboxylic acids is 1. The van der Waals surface area contributed by atoms with Gasteiger partial charge in [0.25, 0.3) is 0 Å². The lowest BCUT2D eigenvalue weighted by atomic mass is 9.87. The number of hydrogen-bond donors (Lipinski definition) is 1. The first-order valence-electron chi connectivity index (χ1n) is 8.27. The summed E-state index contributed by atoms with van der Waals surface area (Å²) in [5, 5.41) is 10.5. The lowest BCUT2D eigenvalue weighted by Gasteiger charge is -2.34. The van der Waals surface area contributed by atoms with Crippen molar-refractivity contribution in [1.82, 2.24) is 4.90 Å². The first-order valence-corrected chi connectivity index (χ1v) is 8.27. The Morgan fingerprint density at radius 1 is 1.17 bits per heavy atom. The average molecular weight is 313 g/mol. The molecule has 2 aromatic rings. The van der Waals surface area contributed by atoms with Crippen molar-refractivity contribution >= 4 is 5.91 Å². The fraction of sp³-hybridized carbons (Fsp3) is 0.421. The van der Waals surface area contributed by atoms with Crippen molar-refractivity contribution in [3.05, 3.63) is 60.1 Å².